The van der Waals surface area contributed by atoms with Gasteiger partial charge in [-0.25, -0.2) is 0 Å². The highest BCUT2D eigenvalue weighted by Gasteiger charge is 2.30. The van der Waals surface area contributed by atoms with Crippen molar-refractivity contribution in [2.24, 2.45) is 0 Å². The van der Waals surface area contributed by atoms with Gasteiger partial charge in [-0.15, -0.1) is 0 Å². The first kappa shape index (κ1) is 13.8. The molecule has 1 aromatic heterocycles. The van der Waals surface area contributed by atoms with E-state index in [-0.39, 0.29) is 18.4 Å². The van der Waals surface area contributed by atoms with Gasteiger partial charge in [-0.3, -0.25) is 9.69 Å². The molecule has 0 spiro atoms. The van der Waals surface area contributed by atoms with Crippen molar-refractivity contribution in [1.29, 1.82) is 0 Å². The second-order valence-corrected chi connectivity index (χ2v) is 6.26. The van der Waals surface area contributed by atoms with Crippen LogP contribution in [-0.2, 0) is 0 Å². The van der Waals surface area contributed by atoms with Gasteiger partial charge in [0.15, 0.2) is 5.78 Å². The summed E-state index contributed by atoms with van der Waals surface area (Å²) in [5.41, 5.74) is 3.20. The average Bonchev–Trinajstić information content (AvgIpc) is 3.07. The number of aliphatic hydroxyl groups is 1. The zero-order valence-corrected chi connectivity index (χ0v) is 12.4. The normalized spacial score (nSPS) is 23.4. The van der Waals surface area contributed by atoms with Gasteiger partial charge >= 0.3 is 0 Å². The van der Waals surface area contributed by atoms with Crippen molar-refractivity contribution < 1.29 is 9.90 Å². The predicted molar refractivity (Wildman–Crippen MR) is 78.2 cm³/mol. The molecule has 0 aromatic carbocycles. The van der Waals surface area contributed by atoms with Crippen LogP contribution in [0.4, 0.5) is 0 Å². The number of Topliss-reactive ketones (excluding diaryl/α,β-unsaturated/α-hetero) is 1. The van der Waals surface area contributed by atoms with Crippen molar-refractivity contribution in [3.63, 3.8) is 0 Å². The van der Waals surface area contributed by atoms with E-state index in [1.165, 1.54) is 18.5 Å². The Hall–Kier alpha value is -1.13. The summed E-state index contributed by atoms with van der Waals surface area (Å²) in [6, 6.07) is 2.83. The molecule has 2 heterocycles. The molecule has 1 atom stereocenters. The largest absolute Gasteiger partial charge is 0.395 e. The smallest absolute Gasteiger partial charge is 0.178 e. The van der Waals surface area contributed by atoms with Crippen molar-refractivity contribution in [2.75, 3.05) is 19.7 Å². The van der Waals surface area contributed by atoms with Crippen LogP contribution in [0.2, 0.25) is 0 Å². The summed E-state index contributed by atoms with van der Waals surface area (Å²) in [4.78, 5) is 14.7. The van der Waals surface area contributed by atoms with Crippen LogP contribution in [0.25, 0.3) is 0 Å². The molecule has 1 aliphatic carbocycles. The maximum Gasteiger partial charge on any atom is 0.178 e. The van der Waals surface area contributed by atoms with Gasteiger partial charge in [-0.2, -0.15) is 0 Å². The lowest BCUT2D eigenvalue weighted by atomic mass is 10.1. The molecule has 20 heavy (non-hydrogen) atoms. The van der Waals surface area contributed by atoms with Crippen molar-refractivity contribution >= 4 is 5.78 Å². The van der Waals surface area contributed by atoms with E-state index in [0.717, 1.165) is 30.6 Å². The van der Waals surface area contributed by atoms with Crippen molar-refractivity contribution in [3.8, 4) is 0 Å². The highest BCUT2D eigenvalue weighted by molar-refractivity contribution is 5.99. The van der Waals surface area contributed by atoms with E-state index >= 15 is 0 Å². The zero-order chi connectivity index (χ0) is 14.3. The first-order valence-corrected chi connectivity index (χ1v) is 7.68. The highest BCUT2D eigenvalue weighted by atomic mass is 16.3. The van der Waals surface area contributed by atoms with Gasteiger partial charge in [0.2, 0.25) is 0 Å². The minimum absolute atomic E-state index is 0.161. The fraction of sp³-hybridized carbons (Fsp3) is 0.688. The second kappa shape index (κ2) is 5.34. The highest BCUT2D eigenvalue weighted by Crippen LogP contribution is 2.38. The molecule has 4 nitrogen and oxygen atoms in total. The van der Waals surface area contributed by atoms with E-state index in [0.29, 0.717) is 12.6 Å². The number of hydrogen-bond donors (Lipinski definition) is 1. The Morgan fingerprint density at radius 2 is 2.10 bits per heavy atom. The number of rotatable bonds is 5. The van der Waals surface area contributed by atoms with Gasteiger partial charge in [0.05, 0.1) is 13.2 Å². The first-order chi connectivity index (χ1) is 9.61. The molecular formula is C16H24N2O2. The Bertz CT molecular complexity index is 517. The minimum Gasteiger partial charge on any atom is -0.395 e. The van der Waals surface area contributed by atoms with Gasteiger partial charge < -0.3 is 9.67 Å². The lowest BCUT2D eigenvalue weighted by Crippen LogP contribution is -2.36. The third-order valence-corrected chi connectivity index (χ3v) is 4.75. The molecule has 2 fully saturated rings. The van der Waals surface area contributed by atoms with Gasteiger partial charge in [0, 0.05) is 29.0 Å². The standard InChI is InChI=1S/C16H24N2O2/c1-11-8-15(12(2)18(11)13-5-6-13)16(20)9-17-7-3-4-14(17)10-19/h8,13-14,19H,3-7,9-10H2,1-2H3/t14-/m1/s1. The molecule has 0 radical (unpaired) electrons. The summed E-state index contributed by atoms with van der Waals surface area (Å²) in [5, 5.41) is 9.35. The summed E-state index contributed by atoms with van der Waals surface area (Å²) in [6.07, 6.45) is 4.57. The van der Waals surface area contributed by atoms with E-state index in [2.05, 4.69) is 23.3 Å². The molecule has 0 bridgehead atoms. The van der Waals surface area contributed by atoms with Gasteiger partial charge in [0.25, 0.3) is 0 Å². The van der Waals surface area contributed by atoms with Gasteiger partial charge in [0.1, 0.15) is 0 Å². The SMILES string of the molecule is Cc1cc(C(=O)CN2CCC[C@@H]2CO)c(C)n1C1CC1. The van der Waals surface area contributed by atoms with Crippen LogP contribution in [0.15, 0.2) is 6.07 Å². The zero-order valence-electron chi connectivity index (χ0n) is 12.4. The molecule has 1 aromatic rings. The van der Waals surface area contributed by atoms with Crippen LogP contribution in [0.3, 0.4) is 0 Å². The lowest BCUT2D eigenvalue weighted by molar-refractivity contribution is 0.0887. The Morgan fingerprint density at radius 1 is 1.35 bits per heavy atom. The number of hydrogen-bond acceptors (Lipinski definition) is 3. The number of likely N-dealkylation sites (tertiary alicyclic amines) is 1. The number of carbonyl (C=O) groups is 1. The van der Waals surface area contributed by atoms with Gasteiger partial charge in [-0.05, 0) is 52.1 Å². The van der Waals surface area contributed by atoms with E-state index in [1.807, 2.05) is 6.07 Å². The molecule has 1 saturated carbocycles. The maximum absolute atomic E-state index is 12.6. The van der Waals surface area contributed by atoms with Crippen molar-refractivity contribution in [1.82, 2.24) is 9.47 Å². The van der Waals surface area contributed by atoms with Crippen LogP contribution in [-0.4, -0.2) is 46.1 Å². The Labute approximate surface area is 120 Å². The van der Waals surface area contributed by atoms with Crippen molar-refractivity contribution in [3.05, 3.63) is 23.0 Å². The molecule has 1 saturated heterocycles. The summed E-state index contributed by atoms with van der Waals surface area (Å²) in [7, 11) is 0. The monoisotopic (exact) mass is 276 g/mol. The van der Waals surface area contributed by atoms with Crippen LogP contribution < -0.4 is 0 Å². The molecule has 0 amide bonds. The fourth-order valence-electron chi connectivity index (χ4n) is 3.53. The maximum atomic E-state index is 12.6. The van der Waals surface area contributed by atoms with Gasteiger partial charge in [-0.1, -0.05) is 0 Å². The molecule has 1 N–H and O–H groups in total. The molecule has 4 heteroatoms. The minimum atomic E-state index is 0.161. The van der Waals surface area contributed by atoms with Crippen LogP contribution in [0, 0.1) is 13.8 Å². The number of aliphatic hydroxyl groups excluding tert-OH is 1. The molecule has 2 aliphatic rings. The van der Waals surface area contributed by atoms with E-state index in [9.17, 15) is 9.90 Å². The summed E-state index contributed by atoms with van der Waals surface area (Å²) >= 11 is 0. The Balaban J connectivity index is 1.75. The van der Waals surface area contributed by atoms with Crippen molar-refractivity contribution in [2.45, 2.75) is 51.6 Å². The topological polar surface area (TPSA) is 45.5 Å². The van der Waals surface area contributed by atoms with Crippen LogP contribution in [0.5, 0.6) is 0 Å². The molecule has 3 rings (SSSR count). The summed E-state index contributed by atoms with van der Waals surface area (Å²) in [6.45, 7) is 5.69. The average molecular weight is 276 g/mol. The Morgan fingerprint density at radius 3 is 2.75 bits per heavy atom. The quantitative estimate of drug-likeness (QED) is 0.838. The molecule has 110 valence electrons. The number of nitrogens with zero attached hydrogens (tertiary/aromatic N) is 2. The van der Waals surface area contributed by atoms with E-state index in [4.69, 9.17) is 0 Å². The Kier molecular flexibility index (Phi) is 3.69. The molecule has 0 unspecified atom stereocenters. The lowest BCUT2D eigenvalue weighted by Gasteiger charge is -2.21. The first-order valence-electron chi connectivity index (χ1n) is 7.68. The predicted octanol–water partition coefficient (Wildman–Crippen LogP) is 2.08. The third kappa shape index (κ3) is 2.42. The number of ketones is 1. The number of carbonyl (C=O) groups excluding carboxylic acids is 1. The summed E-state index contributed by atoms with van der Waals surface area (Å²) < 4.78 is 2.32. The molecule has 1 aliphatic heterocycles. The summed E-state index contributed by atoms with van der Waals surface area (Å²) in [5.74, 6) is 0.199. The van der Waals surface area contributed by atoms with E-state index in [1.54, 1.807) is 0 Å². The number of aromatic nitrogens is 1. The third-order valence-electron chi connectivity index (χ3n) is 4.75. The second-order valence-electron chi connectivity index (χ2n) is 6.26. The van der Waals surface area contributed by atoms with Crippen LogP contribution in [0.1, 0.15) is 53.5 Å². The van der Waals surface area contributed by atoms with E-state index < -0.39 is 0 Å². The van der Waals surface area contributed by atoms with Crippen LogP contribution >= 0.6 is 0 Å². The fourth-order valence-corrected chi connectivity index (χ4v) is 3.53. The number of aryl methyl sites for hydroxylation is 1. The molecular weight excluding hydrogens is 252 g/mol.